The molecule has 0 saturated carbocycles. The zero-order valence-electron chi connectivity index (χ0n) is 11.2. The molecule has 0 aromatic carbocycles. The largest absolute Gasteiger partial charge is 0.481 e. The van der Waals surface area contributed by atoms with E-state index in [4.69, 9.17) is 5.11 Å². The summed E-state index contributed by atoms with van der Waals surface area (Å²) >= 11 is 1.50. The Labute approximate surface area is 114 Å². The predicted molar refractivity (Wildman–Crippen MR) is 69.9 cm³/mol. The number of aliphatic carboxylic acids is 1. The number of hydrogen-bond acceptors (Lipinski definition) is 6. The number of rotatable bonds is 4. The van der Waals surface area contributed by atoms with Crippen LogP contribution in [0.5, 0.6) is 0 Å². The lowest BCUT2D eigenvalue weighted by Gasteiger charge is -2.16. The van der Waals surface area contributed by atoms with E-state index in [1.54, 1.807) is 18.5 Å². The van der Waals surface area contributed by atoms with Crippen LogP contribution >= 0.6 is 11.3 Å². The van der Waals surface area contributed by atoms with Gasteiger partial charge in [-0.05, 0) is 38.1 Å². The molecule has 0 bridgehead atoms. The molecule has 0 aliphatic carbocycles. The highest BCUT2D eigenvalue weighted by molar-refractivity contribution is 7.15. The van der Waals surface area contributed by atoms with Gasteiger partial charge in [-0.25, -0.2) is 9.67 Å². The van der Waals surface area contributed by atoms with Gasteiger partial charge in [-0.3, -0.25) is 4.79 Å². The van der Waals surface area contributed by atoms with Gasteiger partial charge in [0.15, 0.2) is 5.82 Å². The second-order valence-corrected chi connectivity index (χ2v) is 5.67. The Morgan fingerprint density at radius 3 is 2.58 bits per heavy atom. The quantitative estimate of drug-likeness (QED) is 0.916. The molecular formula is C11H15N5O2S. The molecule has 2 aromatic heterocycles. The van der Waals surface area contributed by atoms with E-state index in [2.05, 4.69) is 20.5 Å². The molecule has 0 saturated heterocycles. The molecule has 2 atom stereocenters. The zero-order valence-corrected chi connectivity index (χ0v) is 12.0. The lowest BCUT2D eigenvalue weighted by Crippen LogP contribution is -2.23. The first-order chi connectivity index (χ1) is 8.91. The van der Waals surface area contributed by atoms with Gasteiger partial charge in [-0.2, -0.15) is 0 Å². The van der Waals surface area contributed by atoms with Gasteiger partial charge < -0.3 is 5.11 Å². The average molecular weight is 281 g/mol. The monoisotopic (exact) mass is 281 g/mol. The van der Waals surface area contributed by atoms with Crippen molar-refractivity contribution < 1.29 is 9.90 Å². The van der Waals surface area contributed by atoms with Crippen LogP contribution in [0.1, 0.15) is 30.6 Å². The van der Waals surface area contributed by atoms with Crippen LogP contribution in [0.15, 0.2) is 0 Å². The molecule has 2 unspecified atom stereocenters. The summed E-state index contributed by atoms with van der Waals surface area (Å²) in [7, 11) is 0. The molecule has 2 heterocycles. The maximum Gasteiger partial charge on any atom is 0.308 e. The fourth-order valence-corrected chi connectivity index (χ4v) is 2.67. The summed E-state index contributed by atoms with van der Waals surface area (Å²) in [6.07, 6.45) is 0. The van der Waals surface area contributed by atoms with Crippen molar-refractivity contribution in [1.29, 1.82) is 0 Å². The van der Waals surface area contributed by atoms with E-state index >= 15 is 0 Å². The summed E-state index contributed by atoms with van der Waals surface area (Å²) < 4.78 is 1.55. The number of nitrogens with zero attached hydrogens (tertiary/aromatic N) is 5. The second-order valence-electron chi connectivity index (χ2n) is 4.46. The minimum atomic E-state index is -0.869. The Morgan fingerprint density at radius 2 is 2.05 bits per heavy atom. The van der Waals surface area contributed by atoms with Gasteiger partial charge in [0.25, 0.3) is 0 Å². The van der Waals surface area contributed by atoms with E-state index in [1.807, 2.05) is 13.8 Å². The number of carbonyl (C=O) groups is 1. The van der Waals surface area contributed by atoms with Crippen molar-refractivity contribution in [2.24, 2.45) is 5.92 Å². The van der Waals surface area contributed by atoms with Crippen molar-refractivity contribution in [2.45, 2.75) is 33.7 Å². The van der Waals surface area contributed by atoms with Gasteiger partial charge in [-0.1, -0.05) is 0 Å². The molecule has 7 nitrogen and oxygen atoms in total. The van der Waals surface area contributed by atoms with Crippen LogP contribution in [-0.2, 0) is 4.79 Å². The molecule has 8 heteroatoms. The van der Waals surface area contributed by atoms with Crippen molar-refractivity contribution in [3.8, 4) is 10.7 Å². The predicted octanol–water partition coefficient (Wildman–Crippen LogP) is 1.70. The fraction of sp³-hybridized carbons (Fsp3) is 0.545. The number of thiazole rings is 1. The van der Waals surface area contributed by atoms with Gasteiger partial charge in [-0.15, -0.1) is 16.4 Å². The molecule has 0 aliphatic heterocycles. The Hall–Kier alpha value is -1.83. The molecule has 102 valence electrons. The Bertz CT molecular complexity index is 606. The molecule has 1 N–H and O–H groups in total. The van der Waals surface area contributed by atoms with Crippen LogP contribution in [-0.4, -0.2) is 36.3 Å². The Balaban J connectivity index is 2.43. The van der Waals surface area contributed by atoms with Gasteiger partial charge in [0.1, 0.15) is 0 Å². The Kier molecular flexibility index (Phi) is 3.61. The third-order valence-electron chi connectivity index (χ3n) is 3.10. The zero-order chi connectivity index (χ0) is 14.2. The highest BCUT2D eigenvalue weighted by Gasteiger charge is 2.26. The van der Waals surface area contributed by atoms with Crippen LogP contribution in [0.4, 0.5) is 0 Å². The van der Waals surface area contributed by atoms with E-state index < -0.39 is 11.9 Å². The lowest BCUT2D eigenvalue weighted by molar-refractivity contribution is -0.142. The summed E-state index contributed by atoms with van der Waals surface area (Å²) in [5, 5.41) is 21.6. The number of aromatic nitrogens is 5. The molecule has 0 aliphatic rings. The second kappa shape index (κ2) is 5.04. The van der Waals surface area contributed by atoms with E-state index in [1.165, 1.54) is 11.3 Å². The van der Waals surface area contributed by atoms with Crippen LogP contribution in [0.2, 0.25) is 0 Å². The van der Waals surface area contributed by atoms with E-state index in [-0.39, 0.29) is 6.04 Å². The molecule has 0 amide bonds. The van der Waals surface area contributed by atoms with Gasteiger partial charge in [0.2, 0.25) is 0 Å². The SMILES string of the molecule is Cc1nc(C)c(-c2nnnn2C(C)C(C)C(=O)O)s1. The van der Waals surface area contributed by atoms with E-state index in [9.17, 15) is 4.79 Å². The summed E-state index contributed by atoms with van der Waals surface area (Å²) in [4.78, 5) is 16.3. The van der Waals surface area contributed by atoms with Gasteiger partial charge >= 0.3 is 5.97 Å². The normalized spacial score (nSPS) is 14.3. The Morgan fingerprint density at radius 1 is 1.37 bits per heavy atom. The minimum Gasteiger partial charge on any atom is -0.481 e. The maximum absolute atomic E-state index is 11.1. The highest BCUT2D eigenvalue weighted by Crippen LogP contribution is 2.30. The standard InChI is InChI=1S/C11H15N5O2S/c1-5(11(17)18)7(3)16-10(13-14-15-16)9-6(2)12-8(4)19-9/h5,7H,1-4H3,(H,17,18). The molecule has 2 aromatic rings. The van der Waals surface area contributed by atoms with Crippen LogP contribution in [0.25, 0.3) is 10.7 Å². The highest BCUT2D eigenvalue weighted by atomic mass is 32.1. The third-order valence-corrected chi connectivity index (χ3v) is 4.17. The summed E-state index contributed by atoms with van der Waals surface area (Å²) in [5.74, 6) is -0.869. The van der Waals surface area contributed by atoms with Crippen LogP contribution in [0, 0.1) is 19.8 Å². The van der Waals surface area contributed by atoms with Crippen molar-refractivity contribution >= 4 is 17.3 Å². The third kappa shape index (κ3) is 2.48. The van der Waals surface area contributed by atoms with Crippen molar-refractivity contribution in [3.05, 3.63) is 10.7 Å². The first-order valence-corrected chi connectivity index (χ1v) is 6.68. The number of carboxylic acid groups (broad SMARTS) is 1. The topological polar surface area (TPSA) is 93.8 Å². The number of hydrogen-bond donors (Lipinski definition) is 1. The molecular weight excluding hydrogens is 266 g/mol. The number of tetrazole rings is 1. The summed E-state index contributed by atoms with van der Waals surface area (Å²) in [6, 6.07) is -0.329. The van der Waals surface area contributed by atoms with Crippen molar-refractivity contribution in [2.75, 3.05) is 0 Å². The molecule has 0 fully saturated rings. The maximum atomic E-state index is 11.1. The number of carboxylic acids is 1. The van der Waals surface area contributed by atoms with Crippen LogP contribution in [0.3, 0.4) is 0 Å². The minimum absolute atomic E-state index is 0.329. The molecule has 2 rings (SSSR count). The summed E-state index contributed by atoms with van der Waals surface area (Å²) in [5.41, 5.74) is 0.855. The lowest BCUT2D eigenvalue weighted by atomic mass is 10.0. The first-order valence-electron chi connectivity index (χ1n) is 5.87. The number of aryl methyl sites for hydroxylation is 2. The smallest absolute Gasteiger partial charge is 0.308 e. The first kappa shape index (κ1) is 13.6. The van der Waals surface area contributed by atoms with Crippen molar-refractivity contribution in [1.82, 2.24) is 25.2 Å². The van der Waals surface area contributed by atoms with Crippen molar-refractivity contribution in [3.63, 3.8) is 0 Å². The fourth-order valence-electron chi connectivity index (χ4n) is 1.77. The van der Waals surface area contributed by atoms with Crippen LogP contribution < -0.4 is 0 Å². The van der Waals surface area contributed by atoms with E-state index in [0.717, 1.165) is 15.6 Å². The average Bonchev–Trinajstić information content (AvgIpc) is 2.93. The van der Waals surface area contributed by atoms with Gasteiger partial charge in [0.05, 0.1) is 27.5 Å². The molecule has 0 radical (unpaired) electrons. The van der Waals surface area contributed by atoms with E-state index in [0.29, 0.717) is 5.82 Å². The van der Waals surface area contributed by atoms with Gasteiger partial charge in [0, 0.05) is 0 Å². The summed E-state index contributed by atoms with van der Waals surface area (Å²) in [6.45, 7) is 7.24. The molecule has 0 spiro atoms. The molecule has 19 heavy (non-hydrogen) atoms.